The van der Waals surface area contributed by atoms with Crippen LogP contribution in [0.5, 0.6) is 0 Å². The summed E-state index contributed by atoms with van der Waals surface area (Å²) in [6.07, 6.45) is 26.6. The number of ether oxygens (including phenoxy) is 2. The first-order valence-corrected chi connectivity index (χ1v) is 29.1. The van der Waals surface area contributed by atoms with Crippen molar-refractivity contribution in [2.45, 2.75) is 211 Å². The van der Waals surface area contributed by atoms with Crippen LogP contribution in [-0.4, -0.2) is 108 Å². The molecule has 0 heterocycles. The van der Waals surface area contributed by atoms with E-state index in [9.17, 15) is 63.1 Å². The van der Waals surface area contributed by atoms with Gasteiger partial charge in [-0.05, 0) is 77.0 Å². The number of aliphatic hydroxyl groups is 3. The fourth-order valence-corrected chi connectivity index (χ4v) is 9.25. The second-order valence-corrected chi connectivity index (χ2v) is 20.8. The van der Waals surface area contributed by atoms with Gasteiger partial charge >= 0.3 is 35.4 Å². The molecule has 0 amide bonds. The number of hydrogen-bond donors (Lipinski definition) is 8. The zero-order valence-electron chi connectivity index (χ0n) is 40.6. The number of phosphoric acid groups is 3. The van der Waals surface area contributed by atoms with Gasteiger partial charge in [-0.3, -0.25) is 27.7 Å². The van der Waals surface area contributed by atoms with E-state index in [0.29, 0.717) is 12.8 Å². The standard InChI is InChI=1S/C47H83O19P3/c1-3-5-7-9-11-13-15-17-19-20-22-23-25-27-29-31-33-35-40(48)61-37-39(63-41(49)36-34-32-30-28-26-24-21-18-16-14-12-10-8-6-4-2)38-62-69(59,60)66-45-42(50)43(51)46(64-67(53,54)55)47(44(45)52)65-68(56,57)58/h5,7,11,13,17-19,21-23,39,42-47,50-52H,3-4,6,8-10,12,14-16,20,24-38H2,1-2H3,(H,59,60)(H2,53,54,55)(H2,56,57,58). The molecule has 1 aliphatic carbocycles. The minimum absolute atomic E-state index is 0.0199. The van der Waals surface area contributed by atoms with Gasteiger partial charge < -0.3 is 49.3 Å². The Morgan fingerprint density at radius 3 is 1.38 bits per heavy atom. The Morgan fingerprint density at radius 1 is 0.478 bits per heavy atom. The highest BCUT2D eigenvalue weighted by Crippen LogP contribution is 2.51. The molecular formula is C47H83O19P3. The van der Waals surface area contributed by atoms with Crippen LogP contribution in [-0.2, 0) is 50.9 Å². The van der Waals surface area contributed by atoms with E-state index in [1.165, 1.54) is 38.5 Å². The number of hydrogen-bond acceptors (Lipinski definition) is 14. The SMILES string of the molecule is CCC=CCC=CCC=CCC=CCCCCCCC(=O)OCC(COP(=O)(O)OC1C(O)C(O)C(OP(=O)(O)O)C(OP(=O)(O)O)C1O)OC(=O)CCCCCCCC=CCCCCCCCC. The van der Waals surface area contributed by atoms with Gasteiger partial charge in [0, 0.05) is 12.8 Å². The molecule has 8 atom stereocenters. The predicted octanol–water partition coefficient (Wildman–Crippen LogP) is 9.18. The summed E-state index contributed by atoms with van der Waals surface area (Å²) in [6.45, 7) is 2.80. The van der Waals surface area contributed by atoms with E-state index in [1.54, 1.807) is 0 Å². The van der Waals surface area contributed by atoms with Gasteiger partial charge in [-0.25, -0.2) is 13.7 Å². The van der Waals surface area contributed by atoms with Crippen molar-refractivity contribution in [2.75, 3.05) is 13.2 Å². The maximum absolute atomic E-state index is 13.1. The van der Waals surface area contributed by atoms with Crippen molar-refractivity contribution in [3.63, 3.8) is 0 Å². The van der Waals surface area contributed by atoms with Crippen molar-refractivity contribution in [3.05, 3.63) is 60.8 Å². The third-order valence-corrected chi connectivity index (χ3v) is 12.8. The second-order valence-electron chi connectivity index (χ2n) is 17.0. The zero-order chi connectivity index (χ0) is 51.4. The van der Waals surface area contributed by atoms with Crippen LogP contribution in [0.1, 0.15) is 168 Å². The van der Waals surface area contributed by atoms with Crippen LogP contribution in [0, 0.1) is 0 Å². The molecule has 400 valence electrons. The first-order chi connectivity index (χ1) is 32.8. The molecular weight excluding hydrogens is 961 g/mol. The molecule has 22 heteroatoms. The van der Waals surface area contributed by atoms with Crippen LogP contribution in [0.4, 0.5) is 0 Å². The summed E-state index contributed by atoms with van der Waals surface area (Å²) < 4.78 is 65.5. The van der Waals surface area contributed by atoms with Gasteiger partial charge in [0.2, 0.25) is 0 Å². The van der Waals surface area contributed by atoms with Crippen molar-refractivity contribution >= 4 is 35.4 Å². The van der Waals surface area contributed by atoms with Crippen molar-refractivity contribution in [2.24, 2.45) is 0 Å². The maximum atomic E-state index is 13.1. The molecule has 1 fully saturated rings. The fourth-order valence-electron chi connectivity index (χ4n) is 7.16. The van der Waals surface area contributed by atoms with E-state index in [1.807, 2.05) is 0 Å². The minimum Gasteiger partial charge on any atom is -0.462 e. The summed E-state index contributed by atoms with van der Waals surface area (Å²) in [5.74, 6) is -1.34. The van der Waals surface area contributed by atoms with Crippen molar-refractivity contribution in [1.29, 1.82) is 0 Å². The molecule has 1 saturated carbocycles. The summed E-state index contributed by atoms with van der Waals surface area (Å²) in [6, 6.07) is 0. The zero-order valence-corrected chi connectivity index (χ0v) is 43.3. The Kier molecular flexibility index (Phi) is 36.2. The highest BCUT2D eigenvalue weighted by Gasteiger charge is 2.56. The van der Waals surface area contributed by atoms with Gasteiger partial charge in [-0.1, -0.05) is 139 Å². The lowest BCUT2D eigenvalue weighted by molar-refractivity contribution is -0.213. The average Bonchev–Trinajstić information content (AvgIpc) is 3.28. The lowest BCUT2D eigenvalue weighted by Gasteiger charge is -2.44. The predicted molar refractivity (Wildman–Crippen MR) is 261 cm³/mol. The van der Waals surface area contributed by atoms with Crippen LogP contribution in [0.25, 0.3) is 0 Å². The van der Waals surface area contributed by atoms with E-state index in [0.717, 1.165) is 89.9 Å². The minimum atomic E-state index is -5.61. The van der Waals surface area contributed by atoms with Gasteiger partial charge in [0.25, 0.3) is 0 Å². The highest BCUT2D eigenvalue weighted by molar-refractivity contribution is 7.47. The van der Waals surface area contributed by atoms with E-state index < -0.39 is 91.3 Å². The van der Waals surface area contributed by atoms with Crippen molar-refractivity contribution < 1.29 is 90.6 Å². The molecule has 0 spiro atoms. The van der Waals surface area contributed by atoms with Crippen molar-refractivity contribution in [1.82, 2.24) is 0 Å². The number of unbranched alkanes of at least 4 members (excludes halogenated alkanes) is 15. The Bertz CT molecular complexity index is 1670. The van der Waals surface area contributed by atoms with Gasteiger partial charge in [0.1, 0.15) is 43.2 Å². The van der Waals surface area contributed by atoms with E-state index >= 15 is 0 Å². The molecule has 8 N–H and O–H groups in total. The Balaban J connectivity index is 2.74. The van der Waals surface area contributed by atoms with Crippen LogP contribution in [0.15, 0.2) is 60.8 Å². The Hall–Kier alpha value is -2.15. The smallest absolute Gasteiger partial charge is 0.462 e. The summed E-state index contributed by atoms with van der Waals surface area (Å²) in [7, 11) is -16.6. The number of rotatable bonds is 41. The summed E-state index contributed by atoms with van der Waals surface area (Å²) in [5, 5.41) is 31.9. The Labute approximate surface area is 409 Å². The van der Waals surface area contributed by atoms with Crippen molar-refractivity contribution in [3.8, 4) is 0 Å². The largest absolute Gasteiger partial charge is 0.472 e. The quantitative estimate of drug-likeness (QED) is 0.0122. The molecule has 0 aromatic carbocycles. The van der Waals surface area contributed by atoms with Gasteiger partial charge in [0.05, 0.1) is 6.61 Å². The molecule has 0 aromatic heterocycles. The van der Waals surface area contributed by atoms with Gasteiger partial charge in [-0.15, -0.1) is 0 Å². The molecule has 69 heavy (non-hydrogen) atoms. The highest BCUT2D eigenvalue weighted by atomic mass is 31.2. The molecule has 19 nitrogen and oxygen atoms in total. The number of esters is 2. The summed E-state index contributed by atoms with van der Waals surface area (Å²) >= 11 is 0. The van der Waals surface area contributed by atoms with Crippen LogP contribution < -0.4 is 0 Å². The van der Waals surface area contributed by atoms with E-state index in [4.69, 9.17) is 18.5 Å². The first-order valence-electron chi connectivity index (χ1n) is 24.6. The van der Waals surface area contributed by atoms with Gasteiger partial charge in [-0.2, -0.15) is 0 Å². The average molecular weight is 1050 g/mol. The fraction of sp³-hybridized carbons (Fsp3) is 0.745. The molecule has 1 rings (SSSR count). The number of aliphatic hydroxyl groups excluding tert-OH is 3. The number of phosphoric ester groups is 3. The molecule has 0 bridgehead atoms. The molecule has 1 aliphatic rings. The maximum Gasteiger partial charge on any atom is 0.472 e. The summed E-state index contributed by atoms with van der Waals surface area (Å²) in [4.78, 5) is 73.3. The third kappa shape index (κ3) is 34.8. The second kappa shape index (κ2) is 38.5. The Morgan fingerprint density at radius 2 is 0.884 bits per heavy atom. The molecule has 0 aliphatic heterocycles. The molecule has 0 saturated heterocycles. The number of allylic oxidation sites excluding steroid dienone is 10. The first kappa shape index (κ1) is 64.9. The lowest BCUT2D eigenvalue weighted by Crippen LogP contribution is -2.65. The number of carbonyl (C=O) groups excluding carboxylic acids is 2. The van der Waals surface area contributed by atoms with Crippen LogP contribution in [0.3, 0.4) is 0 Å². The van der Waals surface area contributed by atoms with Crippen LogP contribution in [0.2, 0.25) is 0 Å². The third-order valence-electron chi connectivity index (χ3n) is 10.8. The monoisotopic (exact) mass is 1040 g/mol. The van der Waals surface area contributed by atoms with E-state index in [2.05, 4.69) is 83.7 Å². The van der Waals surface area contributed by atoms with Gasteiger partial charge in [0.15, 0.2) is 6.10 Å². The number of carbonyl (C=O) groups is 2. The normalized spacial score (nSPS) is 21.8. The molecule has 0 aromatic rings. The topological polar surface area (TPSA) is 303 Å². The van der Waals surface area contributed by atoms with Crippen LogP contribution >= 0.6 is 23.5 Å². The van der Waals surface area contributed by atoms with E-state index in [-0.39, 0.29) is 12.8 Å². The molecule has 0 radical (unpaired) electrons. The summed E-state index contributed by atoms with van der Waals surface area (Å²) in [5.41, 5.74) is 0. The molecule has 8 unspecified atom stereocenters. The lowest BCUT2D eigenvalue weighted by atomic mass is 9.85.